The number of rotatable bonds is 7. The van der Waals surface area contributed by atoms with Crippen LogP contribution >= 0.6 is 0 Å². The van der Waals surface area contributed by atoms with Crippen LogP contribution in [0, 0.1) is 0 Å². The average molecular weight is 301 g/mol. The van der Waals surface area contributed by atoms with Crippen molar-refractivity contribution in [2.75, 3.05) is 27.2 Å². The Kier molecular flexibility index (Phi) is 5.72. The fourth-order valence-corrected chi connectivity index (χ4v) is 2.39. The predicted molar refractivity (Wildman–Crippen MR) is 87.2 cm³/mol. The van der Waals surface area contributed by atoms with Gasteiger partial charge >= 0.3 is 0 Å². The van der Waals surface area contributed by atoms with Crippen molar-refractivity contribution in [2.45, 2.75) is 19.9 Å². The van der Waals surface area contributed by atoms with Crippen LogP contribution in [0.5, 0.6) is 0 Å². The second-order valence-electron chi connectivity index (χ2n) is 5.71. The van der Waals surface area contributed by atoms with Crippen molar-refractivity contribution in [1.29, 1.82) is 0 Å². The molecule has 0 fully saturated rings. The van der Waals surface area contributed by atoms with Gasteiger partial charge in [0, 0.05) is 0 Å². The number of nitrogens with zero attached hydrogens (tertiary/aromatic N) is 2. The number of aromatic nitrogens is 2. The van der Waals surface area contributed by atoms with E-state index in [2.05, 4.69) is 43.6 Å². The zero-order valence-corrected chi connectivity index (χ0v) is 13.6. The van der Waals surface area contributed by atoms with Gasteiger partial charge in [-0.2, -0.15) is 5.10 Å². The summed E-state index contributed by atoms with van der Waals surface area (Å²) >= 11 is 0. The average Bonchev–Trinajstić information content (AvgIpc) is 2.90. The maximum absolute atomic E-state index is 12.3. The van der Waals surface area contributed by atoms with E-state index in [1.54, 1.807) is 6.20 Å². The van der Waals surface area contributed by atoms with Gasteiger partial charge in [0.05, 0.1) is 51.2 Å². The molecule has 0 atom stereocenters. The third-order valence-electron chi connectivity index (χ3n) is 3.61. The summed E-state index contributed by atoms with van der Waals surface area (Å²) in [7, 11) is 4.14. The SMILES string of the molecule is CCc1c(C(=O)NCC[NH+](C)C)cnn1Cc1ccccc1. The van der Waals surface area contributed by atoms with Gasteiger partial charge in [-0.05, 0) is 12.0 Å². The molecule has 1 amide bonds. The van der Waals surface area contributed by atoms with E-state index in [4.69, 9.17) is 0 Å². The zero-order chi connectivity index (χ0) is 15.9. The Balaban J connectivity index is 2.08. The molecule has 118 valence electrons. The topological polar surface area (TPSA) is 51.4 Å². The summed E-state index contributed by atoms with van der Waals surface area (Å²) in [5.41, 5.74) is 2.86. The first-order valence-corrected chi connectivity index (χ1v) is 7.77. The molecule has 2 aromatic rings. The minimum Gasteiger partial charge on any atom is -0.346 e. The highest BCUT2D eigenvalue weighted by Gasteiger charge is 2.16. The van der Waals surface area contributed by atoms with Crippen LogP contribution in [0.25, 0.3) is 0 Å². The van der Waals surface area contributed by atoms with Crippen LogP contribution in [0.4, 0.5) is 0 Å². The van der Waals surface area contributed by atoms with Crippen LogP contribution in [-0.4, -0.2) is 42.9 Å². The molecule has 1 aromatic carbocycles. The fourth-order valence-electron chi connectivity index (χ4n) is 2.39. The Bertz CT molecular complexity index is 604. The molecule has 0 bridgehead atoms. The first-order chi connectivity index (χ1) is 10.6. The van der Waals surface area contributed by atoms with Crippen molar-refractivity contribution in [3.63, 3.8) is 0 Å². The molecule has 0 aliphatic heterocycles. The Morgan fingerprint density at radius 2 is 2.00 bits per heavy atom. The maximum atomic E-state index is 12.3. The summed E-state index contributed by atoms with van der Waals surface area (Å²) in [6.45, 7) is 4.33. The molecule has 5 heteroatoms. The van der Waals surface area contributed by atoms with Gasteiger partial charge in [-0.3, -0.25) is 9.48 Å². The molecule has 0 aliphatic rings. The third-order valence-corrected chi connectivity index (χ3v) is 3.61. The van der Waals surface area contributed by atoms with E-state index >= 15 is 0 Å². The number of benzene rings is 1. The molecule has 2 rings (SSSR count). The molecule has 1 heterocycles. The van der Waals surface area contributed by atoms with Crippen molar-refractivity contribution < 1.29 is 9.69 Å². The normalized spacial score (nSPS) is 10.9. The zero-order valence-electron chi connectivity index (χ0n) is 13.6. The second kappa shape index (κ2) is 7.75. The minimum atomic E-state index is -0.0302. The number of nitrogens with one attached hydrogen (secondary N) is 2. The van der Waals surface area contributed by atoms with Crippen molar-refractivity contribution in [1.82, 2.24) is 15.1 Å². The van der Waals surface area contributed by atoms with E-state index < -0.39 is 0 Å². The predicted octanol–water partition coefficient (Wildman–Crippen LogP) is 0.368. The Hall–Kier alpha value is -2.14. The molecule has 0 saturated heterocycles. The minimum absolute atomic E-state index is 0.0302. The van der Waals surface area contributed by atoms with Crippen LogP contribution in [0.3, 0.4) is 0 Å². The first kappa shape index (κ1) is 16.2. The van der Waals surface area contributed by atoms with Crippen molar-refractivity contribution in [3.8, 4) is 0 Å². The van der Waals surface area contributed by atoms with Gasteiger partial charge < -0.3 is 10.2 Å². The summed E-state index contributed by atoms with van der Waals surface area (Å²) in [5, 5.41) is 7.37. The van der Waals surface area contributed by atoms with Crippen LogP contribution in [0.1, 0.15) is 28.5 Å². The molecule has 1 aromatic heterocycles. The van der Waals surface area contributed by atoms with E-state index in [1.165, 1.54) is 10.5 Å². The van der Waals surface area contributed by atoms with Gasteiger partial charge in [-0.1, -0.05) is 37.3 Å². The maximum Gasteiger partial charge on any atom is 0.254 e. The number of quaternary nitrogens is 1. The Labute approximate surface area is 131 Å². The van der Waals surface area contributed by atoms with Crippen LogP contribution in [0.15, 0.2) is 36.5 Å². The van der Waals surface area contributed by atoms with Gasteiger partial charge in [0.25, 0.3) is 5.91 Å². The smallest absolute Gasteiger partial charge is 0.254 e. The molecule has 0 radical (unpaired) electrons. The molecular formula is C17H25N4O+. The molecule has 22 heavy (non-hydrogen) atoms. The Morgan fingerprint density at radius 3 is 2.64 bits per heavy atom. The highest BCUT2D eigenvalue weighted by atomic mass is 16.1. The molecule has 0 saturated carbocycles. The standard InChI is InChI=1S/C17H24N4O/c1-4-16-15(17(22)18-10-11-20(2)3)12-19-21(16)13-14-8-6-5-7-9-14/h5-9,12H,4,10-11,13H2,1-3H3,(H,18,22)/p+1. The number of amides is 1. The number of hydrogen-bond donors (Lipinski definition) is 2. The summed E-state index contributed by atoms with van der Waals surface area (Å²) in [6, 6.07) is 10.2. The number of hydrogen-bond acceptors (Lipinski definition) is 2. The molecule has 5 nitrogen and oxygen atoms in total. The highest BCUT2D eigenvalue weighted by molar-refractivity contribution is 5.95. The summed E-state index contributed by atoms with van der Waals surface area (Å²) in [5.74, 6) is -0.0302. The quantitative estimate of drug-likeness (QED) is 0.776. The molecule has 2 N–H and O–H groups in total. The van der Waals surface area contributed by atoms with E-state index in [0.29, 0.717) is 18.7 Å². The molecular weight excluding hydrogens is 276 g/mol. The molecule has 0 spiro atoms. The number of carbonyl (C=O) groups excluding carboxylic acids is 1. The van der Waals surface area contributed by atoms with Gasteiger partial charge in [-0.25, -0.2) is 0 Å². The van der Waals surface area contributed by atoms with Crippen molar-refractivity contribution in [2.24, 2.45) is 0 Å². The fraction of sp³-hybridized carbons (Fsp3) is 0.412. The van der Waals surface area contributed by atoms with Crippen molar-refractivity contribution in [3.05, 3.63) is 53.3 Å². The summed E-state index contributed by atoms with van der Waals surface area (Å²) in [6.07, 6.45) is 2.47. The third kappa shape index (κ3) is 4.18. The van der Waals surface area contributed by atoms with Crippen LogP contribution in [-0.2, 0) is 13.0 Å². The number of carbonyl (C=O) groups is 1. The van der Waals surface area contributed by atoms with Crippen molar-refractivity contribution >= 4 is 5.91 Å². The second-order valence-corrected chi connectivity index (χ2v) is 5.71. The van der Waals surface area contributed by atoms with Crippen LogP contribution < -0.4 is 10.2 Å². The van der Waals surface area contributed by atoms with Gasteiger partial charge in [-0.15, -0.1) is 0 Å². The highest BCUT2D eigenvalue weighted by Crippen LogP contribution is 2.12. The van der Waals surface area contributed by atoms with Gasteiger partial charge in [0.15, 0.2) is 0 Å². The molecule has 0 aliphatic carbocycles. The summed E-state index contributed by atoms with van der Waals surface area (Å²) < 4.78 is 1.92. The molecule has 0 unspecified atom stereocenters. The summed E-state index contributed by atoms with van der Waals surface area (Å²) in [4.78, 5) is 13.6. The van der Waals surface area contributed by atoms with Gasteiger partial charge in [0.1, 0.15) is 0 Å². The van der Waals surface area contributed by atoms with Gasteiger partial charge in [0.2, 0.25) is 0 Å². The lowest BCUT2D eigenvalue weighted by Gasteiger charge is -2.10. The first-order valence-electron chi connectivity index (χ1n) is 7.77. The lowest BCUT2D eigenvalue weighted by molar-refractivity contribution is -0.856. The van der Waals surface area contributed by atoms with Crippen LogP contribution in [0.2, 0.25) is 0 Å². The van der Waals surface area contributed by atoms with E-state index in [1.807, 2.05) is 22.9 Å². The lowest BCUT2D eigenvalue weighted by Crippen LogP contribution is -3.06. The largest absolute Gasteiger partial charge is 0.346 e. The van der Waals surface area contributed by atoms with E-state index in [-0.39, 0.29) is 5.91 Å². The number of likely N-dealkylation sites (N-methyl/N-ethyl adjacent to an activating group) is 1. The van der Waals surface area contributed by atoms with E-state index in [9.17, 15) is 4.79 Å². The monoisotopic (exact) mass is 301 g/mol. The lowest BCUT2D eigenvalue weighted by atomic mass is 10.1. The Morgan fingerprint density at radius 1 is 1.27 bits per heavy atom. The van der Waals surface area contributed by atoms with E-state index in [0.717, 1.165) is 18.7 Å².